The zero-order chi connectivity index (χ0) is 11.4. The summed E-state index contributed by atoms with van der Waals surface area (Å²) in [4.78, 5) is 3.82. The fraction of sp³-hybridized carbons (Fsp3) is 0.500. The van der Waals surface area contributed by atoms with Gasteiger partial charge in [-0.1, -0.05) is 25.4 Å². The highest BCUT2D eigenvalue weighted by Crippen LogP contribution is 2.17. The Balaban J connectivity index is 2.79. The maximum atomic E-state index is 13.3. The molecule has 1 heterocycles. The fourth-order valence-electron chi connectivity index (χ4n) is 1.12. The summed E-state index contributed by atoms with van der Waals surface area (Å²) in [6, 6.07) is 0.972. The first-order chi connectivity index (χ1) is 7.04. The average Bonchev–Trinajstić information content (AvgIpc) is 2.16. The van der Waals surface area contributed by atoms with Gasteiger partial charge in [-0.25, -0.2) is 9.37 Å². The maximum absolute atomic E-state index is 13.3. The Hall–Kier alpha value is -0.870. The predicted octanol–water partition coefficient (Wildman–Crippen LogP) is 2.30. The minimum Gasteiger partial charge on any atom is -0.394 e. The number of halogens is 2. The van der Waals surface area contributed by atoms with E-state index in [1.165, 1.54) is 12.3 Å². The highest BCUT2D eigenvalue weighted by atomic mass is 35.5. The van der Waals surface area contributed by atoms with Gasteiger partial charge in [-0.15, -0.1) is 0 Å². The maximum Gasteiger partial charge on any atom is 0.166 e. The second-order valence-electron chi connectivity index (χ2n) is 3.66. The summed E-state index contributed by atoms with van der Waals surface area (Å²) in [6.45, 7) is 3.80. The number of aliphatic hydroxyl groups is 1. The van der Waals surface area contributed by atoms with Crippen molar-refractivity contribution in [3.05, 3.63) is 23.1 Å². The summed E-state index contributed by atoms with van der Waals surface area (Å²) in [7, 11) is 0. The van der Waals surface area contributed by atoms with Gasteiger partial charge in [0.25, 0.3) is 0 Å². The summed E-state index contributed by atoms with van der Waals surface area (Å²) in [5.74, 6) is -0.208. The smallest absolute Gasteiger partial charge is 0.166 e. The van der Waals surface area contributed by atoms with E-state index in [-0.39, 0.29) is 29.4 Å². The molecule has 0 amide bonds. The molecule has 0 radical (unpaired) electrons. The molecule has 0 unspecified atom stereocenters. The molecule has 84 valence electrons. The van der Waals surface area contributed by atoms with Crippen LogP contribution >= 0.6 is 11.6 Å². The second kappa shape index (κ2) is 5.28. The number of pyridine rings is 1. The Morgan fingerprint density at radius 2 is 2.27 bits per heavy atom. The van der Waals surface area contributed by atoms with Gasteiger partial charge in [-0.3, -0.25) is 0 Å². The zero-order valence-electron chi connectivity index (χ0n) is 8.67. The van der Waals surface area contributed by atoms with Crippen molar-refractivity contribution >= 4 is 17.4 Å². The minimum atomic E-state index is -0.512. The van der Waals surface area contributed by atoms with Crippen LogP contribution in [-0.2, 0) is 0 Å². The summed E-state index contributed by atoms with van der Waals surface area (Å²) in [5.41, 5.74) is 0. The Morgan fingerprint density at radius 3 is 2.73 bits per heavy atom. The van der Waals surface area contributed by atoms with Crippen LogP contribution in [0.3, 0.4) is 0 Å². The van der Waals surface area contributed by atoms with Gasteiger partial charge in [0.2, 0.25) is 0 Å². The van der Waals surface area contributed by atoms with Crippen LogP contribution in [0.2, 0.25) is 5.02 Å². The molecule has 15 heavy (non-hydrogen) atoms. The molecule has 0 aromatic carbocycles. The monoisotopic (exact) mass is 232 g/mol. The van der Waals surface area contributed by atoms with Crippen LogP contribution in [0.1, 0.15) is 13.8 Å². The van der Waals surface area contributed by atoms with Gasteiger partial charge in [0, 0.05) is 6.20 Å². The number of rotatable bonds is 4. The number of aromatic nitrogens is 1. The van der Waals surface area contributed by atoms with Crippen LogP contribution in [0.5, 0.6) is 0 Å². The van der Waals surface area contributed by atoms with E-state index in [1.54, 1.807) is 0 Å². The molecule has 0 bridgehead atoms. The van der Waals surface area contributed by atoms with Crippen LogP contribution in [0.4, 0.5) is 10.2 Å². The van der Waals surface area contributed by atoms with E-state index < -0.39 is 5.82 Å². The van der Waals surface area contributed by atoms with E-state index in [0.717, 1.165) is 0 Å². The normalized spacial score (nSPS) is 12.9. The Kier molecular flexibility index (Phi) is 4.29. The fourth-order valence-corrected chi connectivity index (χ4v) is 1.26. The van der Waals surface area contributed by atoms with Gasteiger partial charge in [0.05, 0.1) is 17.7 Å². The van der Waals surface area contributed by atoms with Gasteiger partial charge in [-0.05, 0) is 12.0 Å². The highest BCUT2D eigenvalue weighted by molar-refractivity contribution is 6.30. The average molecular weight is 233 g/mol. The molecule has 1 rings (SSSR count). The highest BCUT2D eigenvalue weighted by Gasteiger charge is 2.14. The SMILES string of the molecule is CC(C)[C@@H](CO)Nc1ncc(Cl)cc1F. The van der Waals surface area contributed by atoms with Crippen LogP contribution < -0.4 is 5.32 Å². The van der Waals surface area contributed by atoms with Crippen molar-refractivity contribution in [3.63, 3.8) is 0 Å². The van der Waals surface area contributed by atoms with E-state index in [2.05, 4.69) is 10.3 Å². The molecule has 5 heteroatoms. The summed E-state index contributed by atoms with van der Waals surface area (Å²) >= 11 is 5.57. The summed E-state index contributed by atoms with van der Waals surface area (Å²) in [6.07, 6.45) is 1.36. The third kappa shape index (κ3) is 3.32. The zero-order valence-corrected chi connectivity index (χ0v) is 9.42. The molecule has 3 nitrogen and oxygen atoms in total. The van der Waals surface area contributed by atoms with Crippen LogP contribution in [-0.4, -0.2) is 22.7 Å². The first-order valence-corrected chi connectivity index (χ1v) is 5.10. The number of hydrogen-bond donors (Lipinski definition) is 2. The molecule has 0 saturated carbocycles. The predicted molar refractivity (Wildman–Crippen MR) is 58.5 cm³/mol. The van der Waals surface area contributed by atoms with Crippen molar-refractivity contribution < 1.29 is 9.50 Å². The van der Waals surface area contributed by atoms with Crippen LogP contribution in [0.15, 0.2) is 12.3 Å². The number of nitrogens with zero attached hydrogens (tertiary/aromatic N) is 1. The molecule has 1 atom stereocenters. The number of nitrogens with one attached hydrogen (secondary N) is 1. The molecule has 1 aromatic heterocycles. The summed E-state index contributed by atoms with van der Waals surface area (Å²) < 4.78 is 13.3. The van der Waals surface area contributed by atoms with Crippen molar-refractivity contribution in [2.75, 3.05) is 11.9 Å². The second-order valence-corrected chi connectivity index (χ2v) is 4.10. The number of aliphatic hydroxyl groups excluding tert-OH is 1. The van der Waals surface area contributed by atoms with Gasteiger partial charge >= 0.3 is 0 Å². The molecule has 0 aliphatic heterocycles. The quantitative estimate of drug-likeness (QED) is 0.838. The lowest BCUT2D eigenvalue weighted by molar-refractivity contribution is 0.248. The lowest BCUT2D eigenvalue weighted by atomic mass is 10.1. The van der Waals surface area contributed by atoms with E-state index >= 15 is 0 Å². The lowest BCUT2D eigenvalue weighted by Crippen LogP contribution is -2.30. The molecule has 0 fully saturated rings. The molecular weight excluding hydrogens is 219 g/mol. The molecule has 2 N–H and O–H groups in total. The van der Waals surface area contributed by atoms with E-state index in [1.807, 2.05) is 13.8 Å². The molecule has 0 spiro atoms. The van der Waals surface area contributed by atoms with Gasteiger partial charge < -0.3 is 10.4 Å². The standard InChI is InChI=1S/C10H14ClFN2O/c1-6(2)9(5-15)14-10-8(12)3-7(11)4-13-10/h3-4,6,9,15H,5H2,1-2H3,(H,13,14)/t9-/m1/s1. The first-order valence-electron chi connectivity index (χ1n) is 4.73. The van der Waals surface area contributed by atoms with Crippen LogP contribution in [0, 0.1) is 11.7 Å². The van der Waals surface area contributed by atoms with Gasteiger partial charge in [0.1, 0.15) is 0 Å². The largest absolute Gasteiger partial charge is 0.394 e. The third-order valence-corrected chi connectivity index (χ3v) is 2.34. The van der Waals surface area contributed by atoms with Crippen molar-refractivity contribution in [1.29, 1.82) is 0 Å². The Labute approximate surface area is 93.3 Å². The first kappa shape index (κ1) is 12.2. The van der Waals surface area contributed by atoms with Crippen molar-refractivity contribution in [2.24, 2.45) is 5.92 Å². The molecule has 0 aliphatic carbocycles. The summed E-state index contributed by atoms with van der Waals surface area (Å²) in [5, 5.41) is 12.1. The van der Waals surface area contributed by atoms with Crippen molar-refractivity contribution in [1.82, 2.24) is 4.98 Å². The van der Waals surface area contributed by atoms with E-state index in [4.69, 9.17) is 16.7 Å². The molecule has 0 saturated heterocycles. The van der Waals surface area contributed by atoms with Gasteiger partial charge in [-0.2, -0.15) is 0 Å². The molecule has 1 aromatic rings. The van der Waals surface area contributed by atoms with Crippen molar-refractivity contribution in [2.45, 2.75) is 19.9 Å². The van der Waals surface area contributed by atoms with E-state index in [0.29, 0.717) is 0 Å². The Morgan fingerprint density at radius 1 is 1.60 bits per heavy atom. The minimum absolute atomic E-state index is 0.0680. The van der Waals surface area contributed by atoms with Crippen LogP contribution in [0.25, 0.3) is 0 Å². The number of anilines is 1. The topological polar surface area (TPSA) is 45.1 Å². The molecular formula is C10H14ClFN2O. The third-order valence-electron chi connectivity index (χ3n) is 2.13. The van der Waals surface area contributed by atoms with E-state index in [9.17, 15) is 4.39 Å². The number of hydrogen-bond acceptors (Lipinski definition) is 3. The lowest BCUT2D eigenvalue weighted by Gasteiger charge is -2.20. The van der Waals surface area contributed by atoms with Crippen molar-refractivity contribution in [3.8, 4) is 0 Å². The molecule has 0 aliphatic rings. The van der Waals surface area contributed by atoms with Gasteiger partial charge in [0.15, 0.2) is 11.6 Å². The Bertz CT molecular complexity index is 333.